The number of aromatic nitrogens is 1. The SMILES string of the molecule is CCCN1CC(=O)N(Cc2scnc2C)[C@H](C)C1=O. The molecule has 1 aliphatic heterocycles. The Morgan fingerprint density at radius 2 is 2.21 bits per heavy atom. The number of thiazole rings is 1. The highest BCUT2D eigenvalue weighted by atomic mass is 32.1. The second-order valence-electron chi connectivity index (χ2n) is 4.82. The molecule has 104 valence electrons. The Morgan fingerprint density at radius 3 is 2.79 bits per heavy atom. The molecule has 0 aromatic carbocycles. The smallest absolute Gasteiger partial charge is 0.245 e. The van der Waals surface area contributed by atoms with Crippen LogP contribution in [0.25, 0.3) is 0 Å². The highest BCUT2D eigenvalue weighted by Gasteiger charge is 2.36. The molecule has 2 amide bonds. The summed E-state index contributed by atoms with van der Waals surface area (Å²) >= 11 is 1.53. The number of piperazine rings is 1. The number of nitrogens with zero attached hydrogens (tertiary/aromatic N) is 3. The molecule has 0 unspecified atom stereocenters. The number of carbonyl (C=O) groups excluding carboxylic acids is 2. The summed E-state index contributed by atoms with van der Waals surface area (Å²) in [7, 11) is 0. The molecule has 0 aliphatic carbocycles. The van der Waals surface area contributed by atoms with Gasteiger partial charge in [0.05, 0.1) is 24.3 Å². The van der Waals surface area contributed by atoms with Crippen molar-refractivity contribution >= 4 is 23.2 Å². The third kappa shape index (κ3) is 2.78. The molecule has 0 saturated carbocycles. The van der Waals surface area contributed by atoms with E-state index in [9.17, 15) is 9.59 Å². The third-order valence-corrected chi connectivity index (χ3v) is 4.36. The van der Waals surface area contributed by atoms with Gasteiger partial charge in [-0.1, -0.05) is 6.92 Å². The van der Waals surface area contributed by atoms with Gasteiger partial charge in [-0.05, 0) is 20.3 Å². The standard InChI is InChI=1S/C13H19N3O2S/c1-4-5-15-7-12(17)16(10(3)13(15)18)6-11-9(2)14-8-19-11/h8,10H,4-7H2,1-3H3/t10-/m1/s1. The lowest BCUT2D eigenvalue weighted by Gasteiger charge is -2.38. The molecule has 19 heavy (non-hydrogen) atoms. The van der Waals surface area contributed by atoms with Crippen molar-refractivity contribution in [2.45, 2.75) is 39.8 Å². The summed E-state index contributed by atoms with van der Waals surface area (Å²) in [6.45, 7) is 7.09. The Morgan fingerprint density at radius 1 is 1.47 bits per heavy atom. The van der Waals surface area contributed by atoms with Gasteiger partial charge >= 0.3 is 0 Å². The van der Waals surface area contributed by atoms with Crippen LogP contribution < -0.4 is 0 Å². The van der Waals surface area contributed by atoms with Crippen molar-refractivity contribution in [3.05, 3.63) is 16.1 Å². The van der Waals surface area contributed by atoms with Crippen LogP contribution >= 0.6 is 11.3 Å². The normalized spacial score (nSPS) is 20.3. The monoisotopic (exact) mass is 281 g/mol. The van der Waals surface area contributed by atoms with Gasteiger partial charge in [-0.25, -0.2) is 4.98 Å². The van der Waals surface area contributed by atoms with Crippen molar-refractivity contribution in [3.8, 4) is 0 Å². The third-order valence-electron chi connectivity index (χ3n) is 3.44. The molecular weight excluding hydrogens is 262 g/mol. The van der Waals surface area contributed by atoms with Gasteiger partial charge in [0.1, 0.15) is 6.04 Å². The minimum absolute atomic E-state index is 0.0216. The van der Waals surface area contributed by atoms with Crippen LogP contribution in [-0.4, -0.2) is 45.7 Å². The lowest BCUT2D eigenvalue weighted by atomic mass is 10.1. The van der Waals surface area contributed by atoms with Crippen molar-refractivity contribution in [3.63, 3.8) is 0 Å². The molecule has 1 atom stereocenters. The van der Waals surface area contributed by atoms with Gasteiger partial charge < -0.3 is 9.80 Å². The minimum Gasteiger partial charge on any atom is -0.332 e. The van der Waals surface area contributed by atoms with E-state index in [1.807, 2.05) is 13.8 Å². The molecule has 1 aromatic heterocycles. The van der Waals surface area contributed by atoms with Crippen molar-refractivity contribution in [2.75, 3.05) is 13.1 Å². The first-order valence-corrected chi connectivity index (χ1v) is 7.39. The van der Waals surface area contributed by atoms with Crippen molar-refractivity contribution in [1.82, 2.24) is 14.8 Å². The Kier molecular flexibility index (Phi) is 4.19. The summed E-state index contributed by atoms with van der Waals surface area (Å²) in [4.78, 5) is 32.9. The van der Waals surface area contributed by atoms with Crippen LogP contribution in [0.2, 0.25) is 0 Å². The average molecular weight is 281 g/mol. The maximum absolute atomic E-state index is 12.2. The molecule has 1 aromatic rings. The summed E-state index contributed by atoms with van der Waals surface area (Å²) in [5.41, 5.74) is 2.71. The molecule has 1 fully saturated rings. The maximum Gasteiger partial charge on any atom is 0.245 e. The largest absolute Gasteiger partial charge is 0.332 e. The Balaban J connectivity index is 2.12. The summed E-state index contributed by atoms with van der Waals surface area (Å²) in [5, 5.41) is 0. The zero-order valence-electron chi connectivity index (χ0n) is 11.5. The van der Waals surface area contributed by atoms with Gasteiger partial charge in [-0.15, -0.1) is 11.3 Å². The number of aryl methyl sites for hydroxylation is 1. The second kappa shape index (κ2) is 5.69. The van der Waals surface area contributed by atoms with Gasteiger partial charge in [-0.3, -0.25) is 9.59 Å². The van der Waals surface area contributed by atoms with Crippen molar-refractivity contribution < 1.29 is 9.59 Å². The number of amides is 2. The average Bonchev–Trinajstić information content (AvgIpc) is 2.77. The first kappa shape index (κ1) is 14.0. The number of carbonyl (C=O) groups is 2. The Bertz CT molecular complexity index is 486. The van der Waals surface area contributed by atoms with Crippen molar-refractivity contribution in [1.29, 1.82) is 0 Å². The number of hydrogen-bond donors (Lipinski definition) is 0. The summed E-state index contributed by atoms with van der Waals surface area (Å²) in [6, 6.07) is -0.380. The van der Waals surface area contributed by atoms with Crippen LogP contribution in [0, 0.1) is 6.92 Å². The molecule has 2 rings (SSSR count). The van der Waals surface area contributed by atoms with E-state index in [4.69, 9.17) is 0 Å². The van der Waals surface area contributed by atoms with Gasteiger partial charge in [-0.2, -0.15) is 0 Å². The summed E-state index contributed by atoms with van der Waals surface area (Å²) in [6.07, 6.45) is 0.875. The lowest BCUT2D eigenvalue weighted by Crippen LogP contribution is -2.58. The number of hydrogen-bond acceptors (Lipinski definition) is 4. The van der Waals surface area contributed by atoms with Crippen LogP contribution in [-0.2, 0) is 16.1 Å². The fourth-order valence-electron chi connectivity index (χ4n) is 2.26. The van der Waals surface area contributed by atoms with E-state index in [-0.39, 0.29) is 24.4 Å². The van der Waals surface area contributed by atoms with Crippen LogP contribution in [0.5, 0.6) is 0 Å². The van der Waals surface area contributed by atoms with Gasteiger partial charge in [0.2, 0.25) is 11.8 Å². The van der Waals surface area contributed by atoms with E-state index >= 15 is 0 Å². The molecule has 0 radical (unpaired) electrons. The molecule has 1 saturated heterocycles. The molecular formula is C13H19N3O2S. The fraction of sp³-hybridized carbons (Fsp3) is 0.615. The number of rotatable bonds is 4. The highest BCUT2D eigenvalue weighted by molar-refractivity contribution is 7.09. The molecule has 0 N–H and O–H groups in total. The zero-order chi connectivity index (χ0) is 14.0. The predicted octanol–water partition coefficient (Wildman–Crippen LogP) is 1.42. The molecule has 6 heteroatoms. The zero-order valence-corrected chi connectivity index (χ0v) is 12.4. The molecule has 5 nitrogen and oxygen atoms in total. The molecule has 0 bridgehead atoms. The summed E-state index contributed by atoms with van der Waals surface area (Å²) in [5.74, 6) is 0.0666. The topological polar surface area (TPSA) is 53.5 Å². The van der Waals surface area contributed by atoms with Crippen LogP contribution in [0.3, 0.4) is 0 Å². The van der Waals surface area contributed by atoms with Crippen LogP contribution in [0.1, 0.15) is 30.8 Å². The quantitative estimate of drug-likeness (QED) is 0.838. The van der Waals surface area contributed by atoms with E-state index in [0.717, 1.165) is 17.0 Å². The van der Waals surface area contributed by atoms with E-state index in [2.05, 4.69) is 4.98 Å². The van der Waals surface area contributed by atoms with Crippen LogP contribution in [0.4, 0.5) is 0 Å². The Hall–Kier alpha value is -1.43. The molecule has 2 heterocycles. The van der Waals surface area contributed by atoms with E-state index in [1.54, 1.807) is 22.2 Å². The summed E-state index contributed by atoms with van der Waals surface area (Å²) < 4.78 is 0. The Labute approximate surface area is 117 Å². The van der Waals surface area contributed by atoms with E-state index in [0.29, 0.717) is 13.1 Å². The predicted molar refractivity (Wildman–Crippen MR) is 73.7 cm³/mol. The van der Waals surface area contributed by atoms with E-state index < -0.39 is 0 Å². The van der Waals surface area contributed by atoms with Crippen LogP contribution in [0.15, 0.2) is 5.51 Å². The van der Waals surface area contributed by atoms with Gasteiger partial charge in [0, 0.05) is 11.4 Å². The van der Waals surface area contributed by atoms with Crippen molar-refractivity contribution in [2.24, 2.45) is 0 Å². The lowest BCUT2D eigenvalue weighted by molar-refractivity contribution is -0.155. The van der Waals surface area contributed by atoms with Gasteiger partial charge in [0.25, 0.3) is 0 Å². The first-order chi connectivity index (χ1) is 9.04. The molecule has 1 aliphatic rings. The fourth-order valence-corrected chi connectivity index (χ4v) is 3.04. The first-order valence-electron chi connectivity index (χ1n) is 6.51. The minimum atomic E-state index is -0.380. The maximum atomic E-state index is 12.2. The highest BCUT2D eigenvalue weighted by Crippen LogP contribution is 2.20. The molecule has 0 spiro atoms. The van der Waals surface area contributed by atoms with E-state index in [1.165, 1.54) is 11.3 Å². The van der Waals surface area contributed by atoms with Gasteiger partial charge in [0.15, 0.2) is 0 Å². The second-order valence-corrected chi connectivity index (χ2v) is 5.76.